The molecular formula is C15H22O5. The molecule has 0 aromatic heterocycles. The van der Waals surface area contributed by atoms with Crippen molar-refractivity contribution in [3.63, 3.8) is 0 Å². The van der Waals surface area contributed by atoms with Gasteiger partial charge in [-0.25, -0.2) is 0 Å². The van der Waals surface area contributed by atoms with E-state index in [9.17, 15) is 20.4 Å². The molecule has 0 fully saturated rings. The third-order valence-corrected chi connectivity index (χ3v) is 4.46. The summed E-state index contributed by atoms with van der Waals surface area (Å²) < 4.78 is 5.93. The fourth-order valence-electron chi connectivity index (χ4n) is 2.60. The lowest BCUT2D eigenvalue weighted by Gasteiger charge is -2.40. The standard InChI is InChI=1S/C15H22O5/c1-8(2)15(3)5-4-9-12(18)10(6-16)11(7-17)13(19)14(9)20-15/h8,16-19H,4-7H2,1-3H3. The van der Waals surface area contributed by atoms with E-state index in [1.54, 1.807) is 0 Å². The monoisotopic (exact) mass is 282 g/mol. The maximum absolute atomic E-state index is 10.3. The molecule has 1 atom stereocenters. The summed E-state index contributed by atoms with van der Waals surface area (Å²) in [5.74, 6) is 0.199. The zero-order chi connectivity index (χ0) is 15.1. The van der Waals surface area contributed by atoms with Crippen molar-refractivity contribution in [2.75, 3.05) is 0 Å². The molecule has 4 N–H and O–H groups in total. The predicted octanol–water partition coefficient (Wildman–Crippen LogP) is 1.82. The Labute approximate surface area is 118 Å². The Morgan fingerprint density at radius 2 is 1.65 bits per heavy atom. The van der Waals surface area contributed by atoms with Gasteiger partial charge in [-0.15, -0.1) is 0 Å². The Bertz CT molecular complexity index is 524. The number of hydrogen-bond acceptors (Lipinski definition) is 5. The molecule has 0 aliphatic carbocycles. The van der Waals surface area contributed by atoms with E-state index < -0.39 is 18.8 Å². The molecule has 5 nitrogen and oxygen atoms in total. The highest BCUT2D eigenvalue weighted by molar-refractivity contribution is 5.62. The van der Waals surface area contributed by atoms with Gasteiger partial charge >= 0.3 is 0 Å². The number of ether oxygens (including phenoxy) is 1. The van der Waals surface area contributed by atoms with Gasteiger partial charge in [0.1, 0.15) is 11.4 Å². The Morgan fingerprint density at radius 3 is 2.15 bits per heavy atom. The molecule has 0 amide bonds. The van der Waals surface area contributed by atoms with Crippen LogP contribution in [0, 0.1) is 5.92 Å². The molecule has 5 heteroatoms. The normalized spacial score (nSPS) is 21.7. The van der Waals surface area contributed by atoms with Gasteiger partial charge in [0.15, 0.2) is 11.5 Å². The van der Waals surface area contributed by atoms with E-state index in [1.807, 2.05) is 20.8 Å². The van der Waals surface area contributed by atoms with Gasteiger partial charge in [0.2, 0.25) is 0 Å². The summed E-state index contributed by atoms with van der Waals surface area (Å²) in [6.45, 7) is 5.14. The lowest BCUT2D eigenvalue weighted by atomic mass is 9.82. The second-order valence-corrected chi connectivity index (χ2v) is 5.85. The number of hydrogen-bond donors (Lipinski definition) is 4. The van der Waals surface area contributed by atoms with E-state index in [-0.39, 0.29) is 34.3 Å². The number of aliphatic hydroxyl groups excluding tert-OH is 2. The van der Waals surface area contributed by atoms with Crippen molar-refractivity contribution in [1.82, 2.24) is 0 Å². The SMILES string of the molecule is CC(C)C1(C)CCc2c(O)c(CO)c(CO)c(O)c2O1. The van der Waals surface area contributed by atoms with Gasteiger partial charge in [-0.05, 0) is 25.7 Å². The van der Waals surface area contributed by atoms with Gasteiger partial charge in [-0.1, -0.05) is 13.8 Å². The van der Waals surface area contributed by atoms with Crippen LogP contribution >= 0.6 is 0 Å². The van der Waals surface area contributed by atoms with Crippen molar-refractivity contribution >= 4 is 0 Å². The van der Waals surface area contributed by atoms with Crippen LogP contribution in [0.15, 0.2) is 0 Å². The van der Waals surface area contributed by atoms with E-state index >= 15 is 0 Å². The van der Waals surface area contributed by atoms with Gasteiger partial charge in [0, 0.05) is 16.7 Å². The third kappa shape index (κ3) is 2.11. The van der Waals surface area contributed by atoms with Crippen LogP contribution in [0.3, 0.4) is 0 Å². The topological polar surface area (TPSA) is 90.2 Å². The van der Waals surface area contributed by atoms with Crippen LogP contribution in [0.25, 0.3) is 0 Å². The first kappa shape index (κ1) is 14.9. The van der Waals surface area contributed by atoms with E-state index in [4.69, 9.17) is 4.74 Å². The minimum Gasteiger partial charge on any atom is -0.507 e. The molecule has 1 aliphatic heterocycles. The van der Waals surface area contributed by atoms with Crippen molar-refractivity contribution in [3.8, 4) is 17.2 Å². The Morgan fingerprint density at radius 1 is 1.10 bits per heavy atom. The maximum atomic E-state index is 10.3. The minimum atomic E-state index is -0.468. The van der Waals surface area contributed by atoms with Gasteiger partial charge in [0.05, 0.1) is 13.2 Å². The first-order valence-corrected chi connectivity index (χ1v) is 6.85. The molecule has 0 saturated heterocycles. The summed E-state index contributed by atoms with van der Waals surface area (Å²) in [7, 11) is 0. The van der Waals surface area contributed by atoms with Crippen LogP contribution < -0.4 is 4.74 Å². The van der Waals surface area contributed by atoms with Crippen LogP contribution in [0.1, 0.15) is 43.9 Å². The molecule has 1 aromatic rings. The first-order valence-electron chi connectivity index (χ1n) is 6.85. The van der Waals surface area contributed by atoms with Gasteiger partial charge in [-0.2, -0.15) is 0 Å². The summed E-state index contributed by atoms with van der Waals surface area (Å²) in [5, 5.41) is 39.2. The van der Waals surface area contributed by atoms with E-state index in [0.717, 1.165) is 0 Å². The lowest BCUT2D eigenvalue weighted by molar-refractivity contribution is 0.0164. The molecule has 1 aromatic carbocycles. The van der Waals surface area contributed by atoms with Crippen molar-refractivity contribution < 1.29 is 25.2 Å². The fourth-order valence-corrected chi connectivity index (χ4v) is 2.60. The van der Waals surface area contributed by atoms with Crippen LogP contribution in [0.2, 0.25) is 0 Å². The third-order valence-electron chi connectivity index (χ3n) is 4.46. The van der Waals surface area contributed by atoms with Crippen LogP contribution in [0.4, 0.5) is 0 Å². The number of benzene rings is 1. The Balaban J connectivity index is 2.61. The van der Waals surface area contributed by atoms with Crippen molar-refractivity contribution in [1.29, 1.82) is 0 Å². The number of aromatic hydroxyl groups is 2. The molecule has 1 heterocycles. The zero-order valence-electron chi connectivity index (χ0n) is 12.1. The average Bonchev–Trinajstić information content (AvgIpc) is 2.42. The van der Waals surface area contributed by atoms with Crippen LogP contribution in [-0.4, -0.2) is 26.0 Å². The van der Waals surface area contributed by atoms with Crippen LogP contribution in [-0.2, 0) is 19.6 Å². The Kier molecular flexibility index (Phi) is 3.84. The van der Waals surface area contributed by atoms with E-state index in [1.165, 1.54) is 0 Å². The molecule has 0 bridgehead atoms. The highest BCUT2D eigenvalue weighted by atomic mass is 16.5. The zero-order valence-corrected chi connectivity index (χ0v) is 12.1. The number of rotatable bonds is 3. The summed E-state index contributed by atoms with van der Waals surface area (Å²) in [4.78, 5) is 0. The number of aliphatic hydroxyl groups is 2. The van der Waals surface area contributed by atoms with E-state index in [0.29, 0.717) is 18.4 Å². The highest BCUT2D eigenvalue weighted by Gasteiger charge is 2.38. The molecule has 2 rings (SSSR count). The van der Waals surface area contributed by atoms with Crippen molar-refractivity contribution in [3.05, 3.63) is 16.7 Å². The maximum Gasteiger partial charge on any atom is 0.169 e. The number of phenols is 2. The minimum absolute atomic E-state index is 0.0878. The smallest absolute Gasteiger partial charge is 0.169 e. The summed E-state index contributed by atoms with van der Waals surface area (Å²) >= 11 is 0. The van der Waals surface area contributed by atoms with Crippen LogP contribution in [0.5, 0.6) is 17.2 Å². The second kappa shape index (κ2) is 5.14. The molecule has 0 radical (unpaired) electrons. The quantitative estimate of drug-likeness (QED) is 0.635. The second-order valence-electron chi connectivity index (χ2n) is 5.85. The molecule has 1 aliphatic rings. The Hall–Kier alpha value is -1.46. The molecule has 0 spiro atoms. The lowest BCUT2D eigenvalue weighted by Crippen LogP contribution is -2.41. The molecular weight excluding hydrogens is 260 g/mol. The summed E-state index contributed by atoms with van der Waals surface area (Å²) in [6, 6.07) is 0. The fraction of sp³-hybridized carbons (Fsp3) is 0.600. The molecule has 20 heavy (non-hydrogen) atoms. The summed E-state index contributed by atoms with van der Waals surface area (Å²) in [6.07, 6.45) is 1.27. The van der Waals surface area contributed by atoms with Gasteiger partial charge in [0.25, 0.3) is 0 Å². The average molecular weight is 282 g/mol. The van der Waals surface area contributed by atoms with Gasteiger partial charge < -0.3 is 25.2 Å². The number of fused-ring (bicyclic) bond motifs is 1. The summed E-state index contributed by atoms with van der Waals surface area (Å²) in [5.41, 5.74) is 0.365. The molecule has 0 saturated carbocycles. The largest absolute Gasteiger partial charge is 0.507 e. The first-order chi connectivity index (χ1) is 9.35. The van der Waals surface area contributed by atoms with Gasteiger partial charge in [-0.3, -0.25) is 0 Å². The van der Waals surface area contributed by atoms with Crippen molar-refractivity contribution in [2.45, 2.75) is 52.4 Å². The van der Waals surface area contributed by atoms with Crippen molar-refractivity contribution in [2.24, 2.45) is 5.92 Å². The molecule has 112 valence electrons. The van der Waals surface area contributed by atoms with E-state index in [2.05, 4.69) is 0 Å². The highest BCUT2D eigenvalue weighted by Crippen LogP contribution is 2.49. The molecule has 1 unspecified atom stereocenters. The predicted molar refractivity (Wildman–Crippen MR) is 73.8 cm³/mol.